The van der Waals surface area contributed by atoms with Crippen LogP contribution in [0.3, 0.4) is 0 Å². The fraction of sp³-hybridized carbons (Fsp3) is 0.289. The molecular weight excluding hydrogens is 646 g/mol. The van der Waals surface area contributed by atoms with Crippen LogP contribution >= 0.6 is 0 Å². The number of anilines is 1. The number of likely N-dealkylation sites (tertiary alicyclic amines) is 1. The van der Waals surface area contributed by atoms with Crippen molar-refractivity contribution in [3.8, 4) is 11.1 Å². The SMILES string of the molecule is CC(C)(C)[C@H](Nc1c(-c2cc(C(F)(F)F)cc(C(F)(F)F)c2)c(=O)c1=O)C(=O)N1CCC[C@@H]1c1cc2cccc3ccc4cccc1c4c32. The van der Waals surface area contributed by atoms with Crippen molar-refractivity contribution in [3.63, 3.8) is 0 Å². The lowest BCUT2D eigenvalue weighted by Crippen LogP contribution is -2.51. The summed E-state index contributed by atoms with van der Waals surface area (Å²) in [6.07, 6.45) is -8.97. The Morgan fingerprint density at radius 1 is 0.776 bits per heavy atom. The third-order valence-electron chi connectivity index (χ3n) is 9.62. The Hall–Kier alpha value is -4.93. The molecule has 6 aromatic carbocycles. The predicted octanol–water partition coefficient (Wildman–Crippen LogP) is 9.07. The van der Waals surface area contributed by atoms with Gasteiger partial charge in [-0.25, -0.2) is 0 Å². The van der Waals surface area contributed by atoms with E-state index in [9.17, 15) is 40.7 Å². The quantitative estimate of drug-likeness (QED) is 0.112. The Balaban J connectivity index is 1.29. The summed E-state index contributed by atoms with van der Waals surface area (Å²) in [4.78, 5) is 41.9. The van der Waals surface area contributed by atoms with Crippen molar-refractivity contribution in [2.45, 2.75) is 58.0 Å². The number of carbonyl (C=O) groups is 1. The Labute approximate surface area is 276 Å². The Morgan fingerprint density at radius 2 is 1.37 bits per heavy atom. The predicted molar refractivity (Wildman–Crippen MR) is 177 cm³/mol. The maximum Gasteiger partial charge on any atom is 0.416 e. The molecule has 1 fully saturated rings. The van der Waals surface area contributed by atoms with Crippen LogP contribution in [0.2, 0.25) is 0 Å². The Bertz CT molecular complexity index is 2310. The van der Waals surface area contributed by atoms with Crippen LogP contribution in [-0.4, -0.2) is 23.4 Å². The van der Waals surface area contributed by atoms with Gasteiger partial charge in [-0.05, 0) is 86.0 Å². The molecule has 1 saturated heterocycles. The normalized spacial score (nSPS) is 16.8. The monoisotopic (exact) mass is 676 g/mol. The third-order valence-corrected chi connectivity index (χ3v) is 9.62. The first-order valence-electron chi connectivity index (χ1n) is 15.8. The number of amides is 1. The number of hydrogen-bond donors (Lipinski definition) is 1. The van der Waals surface area contributed by atoms with Crippen LogP contribution in [0.15, 0.2) is 82.4 Å². The fourth-order valence-electron chi connectivity index (χ4n) is 7.28. The first kappa shape index (κ1) is 32.6. The van der Waals surface area contributed by atoms with Gasteiger partial charge in [0.15, 0.2) is 0 Å². The molecule has 252 valence electrons. The van der Waals surface area contributed by atoms with Crippen LogP contribution in [0.5, 0.6) is 0 Å². The van der Waals surface area contributed by atoms with Crippen molar-refractivity contribution >= 4 is 43.9 Å². The molecule has 0 aromatic heterocycles. The number of rotatable bonds is 5. The van der Waals surface area contributed by atoms with Gasteiger partial charge in [-0.1, -0.05) is 69.3 Å². The van der Waals surface area contributed by atoms with Crippen molar-refractivity contribution < 1.29 is 31.1 Å². The van der Waals surface area contributed by atoms with Gasteiger partial charge in [0.25, 0.3) is 0 Å². The van der Waals surface area contributed by atoms with E-state index in [1.54, 1.807) is 25.7 Å². The molecule has 0 saturated carbocycles. The molecule has 1 aliphatic heterocycles. The van der Waals surface area contributed by atoms with Crippen LogP contribution in [0.25, 0.3) is 43.4 Å². The molecule has 0 unspecified atom stereocenters. The van der Waals surface area contributed by atoms with E-state index in [0.29, 0.717) is 31.5 Å². The van der Waals surface area contributed by atoms with E-state index in [0.717, 1.165) is 37.9 Å². The highest BCUT2D eigenvalue weighted by Crippen LogP contribution is 2.44. The molecule has 2 atom stereocenters. The standard InChI is InChI=1S/C38H30F6N2O3/c1-36(2,3)34(45-31-30(32(47)33(31)48)22-15-23(37(39,40)41)18-24(16-22)38(42,43)44)35(49)46-14-6-11-27(46)26-17-21-9-4-7-19-12-13-20-8-5-10-25(26)29(20)28(19)21/h4-5,7-10,12-13,15-18,27,34,45H,6,11,14H2,1-3H3/t27-,34-/m1/s1. The average molecular weight is 677 g/mol. The van der Waals surface area contributed by atoms with Gasteiger partial charge >= 0.3 is 12.4 Å². The average Bonchev–Trinajstić information content (AvgIpc) is 3.53. The van der Waals surface area contributed by atoms with E-state index >= 15 is 0 Å². The number of nitrogens with one attached hydrogen (secondary N) is 1. The fourth-order valence-corrected chi connectivity index (χ4v) is 7.28. The number of benzene rings is 5. The molecule has 49 heavy (non-hydrogen) atoms. The van der Waals surface area contributed by atoms with Crippen molar-refractivity contribution in [1.29, 1.82) is 0 Å². The second-order valence-corrected chi connectivity index (χ2v) is 13.9. The van der Waals surface area contributed by atoms with Crippen molar-refractivity contribution in [2.75, 3.05) is 11.9 Å². The number of alkyl halides is 6. The number of carbonyl (C=O) groups excluding carboxylic acids is 1. The minimum Gasteiger partial charge on any atom is -0.369 e. The molecule has 0 radical (unpaired) electrons. The summed E-state index contributed by atoms with van der Waals surface area (Å²) < 4.78 is 81.8. The van der Waals surface area contributed by atoms with Crippen LogP contribution in [-0.2, 0) is 17.1 Å². The lowest BCUT2D eigenvalue weighted by molar-refractivity contribution is -0.143. The molecule has 0 aliphatic carbocycles. The molecule has 1 heterocycles. The number of nitrogens with zero attached hydrogens (tertiary/aromatic N) is 1. The molecule has 6 aromatic rings. The van der Waals surface area contributed by atoms with Gasteiger partial charge in [-0.3, -0.25) is 14.4 Å². The maximum atomic E-state index is 14.5. The lowest BCUT2D eigenvalue weighted by Gasteiger charge is -2.37. The van der Waals surface area contributed by atoms with Crippen molar-refractivity contribution in [1.82, 2.24) is 4.90 Å². The topological polar surface area (TPSA) is 66.5 Å². The maximum absolute atomic E-state index is 14.5. The minimum atomic E-state index is -5.15. The highest BCUT2D eigenvalue weighted by atomic mass is 19.4. The zero-order chi connectivity index (χ0) is 35.2. The molecular formula is C38H30F6N2O3. The summed E-state index contributed by atoms with van der Waals surface area (Å²) >= 11 is 0. The first-order chi connectivity index (χ1) is 22.9. The van der Waals surface area contributed by atoms with Crippen LogP contribution in [0.4, 0.5) is 32.0 Å². The first-order valence-corrected chi connectivity index (χ1v) is 15.8. The smallest absolute Gasteiger partial charge is 0.369 e. The largest absolute Gasteiger partial charge is 0.416 e. The van der Waals surface area contributed by atoms with Gasteiger partial charge in [-0.15, -0.1) is 0 Å². The Kier molecular flexibility index (Phi) is 7.35. The highest BCUT2D eigenvalue weighted by Gasteiger charge is 2.42. The van der Waals surface area contributed by atoms with E-state index in [1.807, 2.05) is 30.3 Å². The summed E-state index contributed by atoms with van der Waals surface area (Å²) in [7, 11) is 0. The zero-order valence-corrected chi connectivity index (χ0v) is 26.6. The van der Waals surface area contributed by atoms with Gasteiger partial charge in [0.2, 0.25) is 16.8 Å². The number of hydrogen-bond acceptors (Lipinski definition) is 4. The van der Waals surface area contributed by atoms with Gasteiger partial charge in [0, 0.05) is 6.54 Å². The van der Waals surface area contributed by atoms with Crippen LogP contribution in [0, 0.1) is 5.41 Å². The van der Waals surface area contributed by atoms with E-state index in [1.165, 1.54) is 0 Å². The van der Waals surface area contributed by atoms with E-state index in [2.05, 4.69) is 29.6 Å². The van der Waals surface area contributed by atoms with Gasteiger partial charge in [-0.2, -0.15) is 26.3 Å². The molecule has 11 heteroatoms. The van der Waals surface area contributed by atoms with E-state index in [4.69, 9.17) is 0 Å². The molecule has 0 spiro atoms. The molecule has 1 amide bonds. The molecule has 7 rings (SSSR count). The summed E-state index contributed by atoms with van der Waals surface area (Å²) in [6.45, 7) is 5.56. The van der Waals surface area contributed by atoms with Crippen LogP contribution in [0.1, 0.15) is 56.3 Å². The van der Waals surface area contributed by atoms with Gasteiger partial charge < -0.3 is 10.2 Å². The second kappa shape index (κ2) is 11.0. The lowest BCUT2D eigenvalue weighted by atomic mass is 9.84. The number of halogens is 6. The summed E-state index contributed by atoms with van der Waals surface area (Å²) in [5, 5.41) is 9.22. The highest BCUT2D eigenvalue weighted by molar-refractivity contribution is 6.23. The summed E-state index contributed by atoms with van der Waals surface area (Å²) in [5.74, 6) is -0.404. The van der Waals surface area contributed by atoms with Crippen molar-refractivity contribution in [3.05, 3.63) is 110 Å². The van der Waals surface area contributed by atoms with Crippen LogP contribution < -0.4 is 16.2 Å². The third kappa shape index (κ3) is 5.39. The summed E-state index contributed by atoms with van der Waals surface area (Å²) in [5.41, 5.74) is -7.34. The molecule has 0 bridgehead atoms. The van der Waals surface area contributed by atoms with E-state index < -0.39 is 68.5 Å². The van der Waals surface area contributed by atoms with Gasteiger partial charge in [0.1, 0.15) is 6.04 Å². The molecule has 5 nitrogen and oxygen atoms in total. The van der Waals surface area contributed by atoms with Gasteiger partial charge in [0.05, 0.1) is 28.4 Å². The zero-order valence-electron chi connectivity index (χ0n) is 26.6. The van der Waals surface area contributed by atoms with Crippen molar-refractivity contribution in [2.24, 2.45) is 5.41 Å². The second-order valence-electron chi connectivity index (χ2n) is 13.9. The molecule has 1 aliphatic rings. The minimum absolute atomic E-state index is 0.0452. The Morgan fingerprint density at radius 3 is 1.98 bits per heavy atom. The van der Waals surface area contributed by atoms with E-state index in [-0.39, 0.29) is 12.1 Å². The summed E-state index contributed by atoms with van der Waals surface area (Å²) in [6, 6.07) is 17.6. The molecule has 1 N–H and O–H groups in total.